The number of amides is 1. The van der Waals surface area contributed by atoms with Gasteiger partial charge in [-0.15, -0.1) is 0 Å². The minimum absolute atomic E-state index is 0.0560. The average molecular weight is 417 g/mol. The second-order valence-electron chi connectivity index (χ2n) is 7.92. The highest BCUT2D eigenvalue weighted by atomic mass is 16.5. The fraction of sp³-hybridized carbons (Fsp3) is 0.308. The van der Waals surface area contributed by atoms with Crippen molar-refractivity contribution >= 4 is 17.6 Å². The van der Waals surface area contributed by atoms with Gasteiger partial charge in [-0.2, -0.15) is 0 Å². The molecule has 1 aliphatic heterocycles. The van der Waals surface area contributed by atoms with E-state index >= 15 is 0 Å². The molecular weight excluding hydrogens is 388 g/mol. The van der Waals surface area contributed by atoms with Crippen LogP contribution in [0.3, 0.4) is 0 Å². The average Bonchev–Trinajstić information content (AvgIpc) is 3.03. The summed E-state index contributed by atoms with van der Waals surface area (Å²) in [6, 6.07) is 18.0. The summed E-state index contributed by atoms with van der Waals surface area (Å²) in [6.07, 6.45) is 1.90. The van der Waals surface area contributed by atoms with Gasteiger partial charge in [0.1, 0.15) is 5.69 Å². The van der Waals surface area contributed by atoms with E-state index in [9.17, 15) is 9.59 Å². The summed E-state index contributed by atoms with van der Waals surface area (Å²) in [4.78, 5) is 28.5. The molecule has 5 nitrogen and oxygen atoms in total. The molecule has 3 aromatic rings. The second kappa shape index (κ2) is 8.80. The van der Waals surface area contributed by atoms with Crippen molar-refractivity contribution < 1.29 is 14.3 Å². The predicted octanol–water partition coefficient (Wildman–Crippen LogP) is 4.92. The normalized spacial score (nSPS) is 13.1. The van der Waals surface area contributed by atoms with E-state index in [-0.39, 0.29) is 12.5 Å². The molecule has 5 heteroatoms. The van der Waals surface area contributed by atoms with E-state index in [0.29, 0.717) is 29.9 Å². The van der Waals surface area contributed by atoms with Gasteiger partial charge < -0.3 is 14.2 Å². The highest BCUT2D eigenvalue weighted by Gasteiger charge is 2.31. The van der Waals surface area contributed by atoms with Crippen LogP contribution >= 0.6 is 0 Å². The zero-order valence-electron chi connectivity index (χ0n) is 18.4. The monoisotopic (exact) mass is 416 g/mol. The van der Waals surface area contributed by atoms with Crippen LogP contribution in [0.5, 0.6) is 0 Å². The van der Waals surface area contributed by atoms with Gasteiger partial charge in [-0.3, -0.25) is 4.79 Å². The van der Waals surface area contributed by atoms with Crippen LogP contribution in [0, 0.1) is 13.8 Å². The van der Waals surface area contributed by atoms with E-state index in [1.165, 1.54) is 5.56 Å². The Morgan fingerprint density at radius 2 is 1.71 bits per heavy atom. The number of hydrogen-bond acceptors (Lipinski definition) is 3. The third-order valence-corrected chi connectivity index (χ3v) is 5.99. The number of aryl methyl sites for hydroxylation is 1. The number of rotatable bonds is 5. The summed E-state index contributed by atoms with van der Waals surface area (Å²) in [5.41, 5.74) is 5.73. The minimum Gasteiger partial charge on any atom is -0.461 e. The molecule has 1 amide bonds. The lowest BCUT2D eigenvalue weighted by atomic mass is 10.00. The Labute approximate surface area is 183 Å². The summed E-state index contributed by atoms with van der Waals surface area (Å²) in [6.45, 7) is 7.03. The standard InChI is InChI=1S/C26H28N2O3/c1-4-31-26(30)24-18(2)23(19(3)28(24)17-20-11-6-5-7-12-20)25(29)27-16-10-14-21-13-8-9-15-22(21)27/h5-9,11-13,15H,4,10,14,16-17H2,1-3H3. The molecule has 0 atom stereocenters. The topological polar surface area (TPSA) is 51.5 Å². The highest BCUT2D eigenvalue weighted by Crippen LogP contribution is 2.31. The molecule has 4 rings (SSSR count). The van der Waals surface area contributed by atoms with Crippen LogP contribution in [0.1, 0.15) is 56.6 Å². The van der Waals surface area contributed by atoms with Gasteiger partial charge in [0.05, 0.1) is 12.2 Å². The summed E-state index contributed by atoms with van der Waals surface area (Å²) in [5, 5.41) is 0. The lowest BCUT2D eigenvalue weighted by Gasteiger charge is -2.29. The first-order valence-electron chi connectivity index (χ1n) is 10.8. The molecular formula is C26H28N2O3. The first-order valence-corrected chi connectivity index (χ1v) is 10.8. The minimum atomic E-state index is -0.392. The number of para-hydroxylation sites is 1. The maximum absolute atomic E-state index is 13.8. The number of carbonyl (C=O) groups excluding carboxylic acids is 2. The molecule has 0 radical (unpaired) electrons. The smallest absolute Gasteiger partial charge is 0.355 e. The van der Waals surface area contributed by atoms with Crippen LogP contribution in [0.15, 0.2) is 54.6 Å². The Morgan fingerprint density at radius 3 is 2.45 bits per heavy atom. The van der Waals surface area contributed by atoms with Gasteiger partial charge in [-0.05, 0) is 56.4 Å². The van der Waals surface area contributed by atoms with Crippen molar-refractivity contribution in [2.45, 2.75) is 40.2 Å². The number of carbonyl (C=O) groups is 2. The molecule has 0 saturated heterocycles. The number of hydrogen-bond donors (Lipinski definition) is 0. The van der Waals surface area contributed by atoms with Crippen LogP contribution in [0.25, 0.3) is 0 Å². The molecule has 1 aliphatic rings. The molecule has 0 unspecified atom stereocenters. The third kappa shape index (κ3) is 3.88. The number of ether oxygens (including phenoxy) is 1. The Balaban J connectivity index is 1.81. The van der Waals surface area contributed by atoms with Crippen molar-refractivity contribution in [2.75, 3.05) is 18.1 Å². The van der Waals surface area contributed by atoms with Gasteiger partial charge in [0.2, 0.25) is 0 Å². The second-order valence-corrected chi connectivity index (χ2v) is 7.92. The van der Waals surface area contributed by atoms with Crippen LogP contribution in [-0.2, 0) is 17.7 Å². The molecule has 1 aromatic heterocycles. The van der Waals surface area contributed by atoms with Crippen molar-refractivity contribution in [3.63, 3.8) is 0 Å². The van der Waals surface area contributed by atoms with Gasteiger partial charge in [0.25, 0.3) is 5.91 Å². The third-order valence-electron chi connectivity index (χ3n) is 5.99. The van der Waals surface area contributed by atoms with Gasteiger partial charge in [0.15, 0.2) is 0 Å². The number of fused-ring (bicyclic) bond motifs is 1. The molecule has 0 aliphatic carbocycles. The summed E-state index contributed by atoms with van der Waals surface area (Å²) < 4.78 is 7.27. The lowest BCUT2D eigenvalue weighted by Crippen LogP contribution is -2.36. The molecule has 2 aromatic carbocycles. The van der Waals surface area contributed by atoms with Crippen molar-refractivity contribution in [3.05, 3.63) is 88.2 Å². The van der Waals surface area contributed by atoms with E-state index in [1.54, 1.807) is 6.92 Å². The van der Waals surface area contributed by atoms with Gasteiger partial charge in [0, 0.05) is 24.5 Å². The fourth-order valence-corrected chi connectivity index (χ4v) is 4.52. The van der Waals surface area contributed by atoms with Crippen LogP contribution in [0.4, 0.5) is 5.69 Å². The van der Waals surface area contributed by atoms with Gasteiger partial charge >= 0.3 is 5.97 Å². The van der Waals surface area contributed by atoms with Crippen LogP contribution in [0.2, 0.25) is 0 Å². The van der Waals surface area contributed by atoms with E-state index in [1.807, 2.05) is 71.8 Å². The Bertz CT molecular complexity index is 1120. The van der Waals surface area contributed by atoms with Crippen molar-refractivity contribution in [1.82, 2.24) is 4.57 Å². The Morgan fingerprint density at radius 1 is 1.00 bits per heavy atom. The molecule has 0 spiro atoms. The van der Waals surface area contributed by atoms with E-state index in [2.05, 4.69) is 6.07 Å². The number of nitrogens with zero attached hydrogens (tertiary/aromatic N) is 2. The Kier molecular flexibility index (Phi) is 5.94. The zero-order valence-corrected chi connectivity index (χ0v) is 18.4. The Hall–Kier alpha value is -3.34. The van der Waals surface area contributed by atoms with Crippen molar-refractivity contribution in [3.8, 4) is 0 Å². The van der Waals surface area contributed by atoms with Crippen LogP contribution < -0.4 is 4.90 Å². The van der Waals surface area contributed by atoms with E-state index in [0.717, 1.165) is 29.8 Å². The summed E-state index contributed by atoms with van der Waals surface area (Å²) >= 11 is 0. The molecule has 31 heavy (non-hydrogen) atoms. The maximum Gasteiger partial charge on any atom is 0.355 e. The molecule has 2 heterocycles. The van der Waals surface area contributed by atoms with Gasteiger partial charge in [-0.1, -0.05) is 48.5 Å². The molecule has 0 bridgehead atoms. The van der Waals surface area contributed by atoms with E-state index < -0.39 is 5.97 Å². The number of benzene rings is 2. The predicted molar refractivity (Wildman–Crippen MR) is 122 cm³/mol. The largest absolute Gasteiger partial charge is 0.461 e. The molecule has 160 valence electrons. The van der Waals surface area contributed by atoms with Gasteiger partial charge in [-0.25, -0.2) is 4.79 Å². The fourth-order valence-electron chi connectivity index (χ4n) is 4.52. The first-order chi connectivity index (χ1) is 15.0. The summed E-state index contributed by atoms with van der Waals surface area (Å²) in [7, 11) is 0. The van der Waals surface area contributed by atoms with Crippen molar-refractivity contribution in [1.29, 1.82) is 0 Å². The molecule has 0 saturated carbocycles. The SMILES string of the molecule is CCOC(=O)c1c(C)c(C(=O)N2CCCc3ccccc32)c(C)n1Cc1ccccc1. The lowest BCUT2D eigenvalue weighted by molar-refractivity contribution is 0.0513. The molecule has 0 N–H and O–H groups in total. The number of esters is 1. The first kappa shape index (κ1) is 20.9. The van der Waals surface area contributed by atoms with E-state index in [4.69, 9.17) is 4.74 Å². The highest BCUT2D eigenvalue weighted by molar-refractivity contribution is 6.10. The van der Waals surface area contributed by atoms with Crippen molar-refractivity contribution in [2.24, 2.45) is 0 Å². The molecule has 0 fully saturated rings. The number of aromatic nitrogens is 1. The zero-order chi connectivity index (χ0) is 22.0. The van der Waals surface area contributed by atoms with Crippen LogP contribution in [-0.4, -0.2) is 29.6 Å². The summed E-state index contributed by atoms with van der Waals surface area (Å²) in [5.74, 6) is -0.448. The number of anilines is 1. The maximum atomic E-state index is 13.8. The quantitative estimate of drug-likeness (QED) is 0.555.